The fourth-order valence-corrected chi connectivity index (χ4v) is 4.02. The molecule has 3 aromatic heterocycles. The molecule has 1 aliphatic rings. The van der Waals surface area contributed by atoms with Crippen molar-refractivity contribution in [2.75, 3.05) is 20.3 Å². The van der Waals surface area contributed by atoms with Gasteiger partial charge in [0.25, 0.3) is 0 Å². The van der Waals surface area contributed by atoms with Crippen LogP contribution in [0, 0.1) is 5.92 Å². The van der Waals surface area contributed by atoms with Crippen LogP contribution in [0.15, 0.2) is 30.1 Å². The zero-order chi connectivity index (χ0) is 19.0. The highest BCUT2D eigenvalue weighted by Crippen LogP contribution is 2.31. The average molecular weight is 386 g/mol. The second-order valence-corrected chi connectivity index (χ2v) is 7.46. The summed E-state index contributed by atoms with van der Waals surface area (Å²) < 4.78 is 7.77. The largest absolute Gasteiger partial charge is 0.401 e. The van der Waals surface area contributed by atoms with Crippen LogP contribution in [0.2, 0.25) is 5.15 Å². The molecule has 3 N–H and O–H groups in total. The van der Waals surface area contributed by atoms with Gasteiger partial charge in [-0.05, 0) is 43.9 Å². The minimum atomic E-state index is 0.493. The lowest BCUT2D eigenvalue weighted by Crippen LogP contribution is -2.20. The van der Waals surface area contributed by atoms with E-state index in [1.165, 1.54) is 0 Å². The van der Waals surface area contributed by atoms with Crippen LogP contribution in [0.4, 0.5) is 0 Å². The number of halogens is 1. The van der Waals surface area contributed by atoms with Crippen LogP contribution in [-0.4, -0.2) is 34.8 Å². The normalized spacial score (nSPS) is 16.7. The monoisotopic (exact) mass is 385 g/mol. The van der Waals surface area contributed by atoms with E-state index in [2.05, 4.69) is 20.9 Å². The molecule has 0 radical (unpaired) electrons. The maximum atomic E-state index is 6.21. The second-order valence-electron chi connectivity index (χ2n) is 7.07. The van der Waals surface area contributed by atoms with Crippen molar-refractivity contribution >= 4 is 39.4 Å². The van der Waals surface area contributed by atoms with Crippen LogP contribution in [0.5, 0.6) is 0 Å². The van der Waals surface area contributed by atoms with Gasteiger partial charge in [0.15, 0.2) is 0 Å². The number of hydrogen-bond acceptors (Lipinski definition) is 5. The van der Waals surface area contributed by atoms with Gasteiger partial charge in [0.05, 0.1) is 16.7 Å². The van der Waals surface area contributed by atoms with Gasteiger partial charge in [0.1, 0.15) is 10.8 Å². The maximum absolute atomic E-state index is 6.21. The van der Waals surface area contributed by atoms with Gasteiger partial charge in [-0.1, -0.05) is 11.6 Å². The molecule has 0 aliphatic carbocycles. The quantitative estimate of drug-likeness (QED) is 0.672. The summed E-state index contributed by atoms with van der Waals surface area (Å²) in [5.74, 6) is 0.553. The molecule has 7 heteroatoms. The molecule has 0 atom stereocenters. The lowest BCUT2D eigenvalue weighted by molar-refractivity contribution is 0.0619. The number of pyridine rings is 2. The zero-order valence-corrected chi connectivity index (χ0v) is 16.4. The van der Waals surface area contributed by atoms with Crippen molar-refractivity contribution in [1.29, 1.82) is 0 Å². The fraction of sp³-hybridized carbons (Fsp3) is 0.400. The summed E-state index contributed by atoms with van der Waals surface area (Å²) in [6.07, 6.45) is 3.97. The first kappa shape index (κ1) is 18.1. The minimum Gasteiger partial charge on any atom is -0.401 e. The Bertz CT molecular complexity index is 1020. The SMILES string of the molecule is CN/C(=C(/C)N)c1cnc2c3ccc(Cl)nc3n(CC3CCOCC3)c2c1. The Labute approximate surface area is 163 Å². The fourth-order valence-electron chi connectivity index (χ4n) is 3.87. The molecule has 0 aromatic carbocycles. The number of rotatable bonds is 4. The third-order valence-electron chi connectivity index (χ3n) is 5.22. The molecule has 3 aromatic rings. The van der Waals surface area contributed by atoms with Crippen molar-refractivity contribution in [1.82, 2.24) is 19.9 Å². The van der Waals surface area contributed by atoms with E-state index in [-0.39, 0.29) is 0 Å². The Balaban J connectivity index is 1.92. The van der Waals surface area contributed by atoms with E-state index in [0.29, 0.717) is 11.1 Å². The van der Waals surface area contributed by atoms with E-state index in [0.717, 1.165) is 71.6 Å². The summed E-state index contributed by atoms with van der Waals surface area (Å²) in [4.78, 5) is 9.36. The summed E-state index contributed by atoms with van der Waals surface area (Å²) in [6, 6.07) is 5.96. The summed E-state index contributed by atoms with van der Waals surface area (Å²) in [7, 11) is 1.87. The predicted octanol–water partition coefficient (Wildman–Crippen LogP) is 3.53. The van der Waals surface area contributed by atoms with Crippen molar-refractivity contribution in [3.05, 3.63) is 40.8 Å². The summed E-state index contributed by atoms with van der Waals surface area (Å²) >= 11 is 6.21. The molecular formula is C20H24ClN5O. The van der Waals surface area contributed by atoms with Gasteiger partial charge in [-0.3, -0.25) is 4.98 Å². The number of ether oxygens (including phenoxy) is 1. The molecule has 6 nitrogen and oxygen atoms in total. The van der Waals surface area contributed by atoms with Crippen molar-refractivity contribution < 1.29 is 4.74 Å². The van der Waals surface area contributed by atoms with E-state index in [1.54, 1.807) is 0 Å². The second kappa shape index (κ2) is 7.37. The van der Waals surface area contributed by atoms with Crippen LogP contribution in [0.1, 0.15) is 25.3 Å². The summed E-state index contributed by atoms with van der Waals surface area (Å²) in [5.41, 5.74) is 11.5. The molecular weight excluding hydrogens is 362 g/mol. The van der Waals surface area contributed by atoms with Crippen molar-refractivity contribution in [2.24, 2.45) is 11.7 Å². The average Bonchev–Trinajstić information content (AvgIpc) is 2.95. The van der Waals surface area contributed by atoms with Crippen LogP contribution in [0.25, 0.3) is 27.8 Å². The molecule has 142 valence electrons. The Morgan fingerprint density at radius 1 is 1.37 bits per heavy atom. The number of nitrogens with one attached hydrogen (secondary N) is 1. The van der Waals surface area contributed by atoms with E-state index < -0.39 is 0 Å². The number of fused-ring (bicyclic) bond motifs is 3. The van der Waals surface area contributed by atoms with Crippen LogP contribution >= 0.6 is 11.6 Å². The standard InChI is InChI=1S/C20H24ClN5O/c1-12(22)18(23-2)14-9-16-19(24-10-14)15-3-4-17(21)25-20(15)26(16)11-13-5-7-27-8-6-13/h3-4,9-10,13,23H,5-8,11,22H2,1-2H3/b18-12-. The predicted molar refractivity (Wildman–Crippen MR) is 109 cm³/mol. The van der Waals surface area contributed by atoms with Gasteiger partial charge in [-0.15, -0.1) is 0 Å². The third kappa shape index (κ3) is 3.35. The highest BCUT2D eigenvalue weighted by Gasteiger charge is 2.20. The first-order valence-electron chi connectivity index (χ1n) is 9.25. The molecule has 1 saturated heterocycles. The minimum absolute atomic E-state index is 0.493. The molecule has 4 heterocycles. The molecule has 0 amide bonds. The Hall–Kier alpha value is -2.31. The number of nitrogens with two attached hydrogens (primary N) is 1. The Morgan fingerprint density at radius 2 is 2.15 bits per heavy atom. The highest BCUT2D eigenvalue weighted by atomic mass is 35.5. The van der Waals surface area contributed by atoms with Crippen LogP contribution in [0.3, 0.4) is 0 Å². The smallest absolute Gasteiger partial charge is 0.144 e. The molecule has 4 rings (SSSR count). The first-order chi connectivity index (χ1) is 13.1. The molecule has 1 aliphatic heterocycles. The van der Waals surface area contributed by atoms with Crippen LogP contribution < -0.4 is 11.1 Å². The number of hydrogen-bond donors (Lipinski definition) is 2. The van der Waals surface area contributed by atoms with E-state index >= 15 is 0 Å². The summed E-state index contributed by atoms with van der Waals surface area (Å²) in [6.45, 7) is 4.40. The topological polar surface area (TPSA) is 78.0 Å². The van der Waals surface area contributed by atoms with Crippen molar-refractivity contribution in [2.45, 2.75) is 26.3 Å². The van der Waals surface area contributed by atoms with Gasteiger partial charge in [0.2, 0.25) is 0 Å². The van der Waals surface area contributed by atoms with Gasteiger partial charge in [-0.2, -0.15) is 0 Å². The highest BCUT2D eigenvalue weighted by molar-refractivity contribution is 6.30. The molecule has 0 spiro atoms. The summed E-state index contributed by atoms with van der Waals surface area (Å²) in [5, 5.41) is 4.69. The van der Waals surface area contributed by atoms with E-state index in [9.17, 15) is 0 Å². The Kier molecular flexibility index (Phi) is 4.93. The lowest BCUT2D eigenvalue weighted by atomic mass is 10.0. The van der Waals surface area contributed by atoms with Gasteiger partial charge < -0.3 is 20.4 Å². The van der Waals surface area contributed by atoms with Crippen LogP contribution in [-0.2, 0) is 11.3 Å². The molecule has 27 heavy (non-hydrogen) atoms. The Morgan fingerprint density at radius 3 is 2.85 bits per heavy atom. The maximum Gasteiger partial charge on any atom is 0.144 e. The van der Waals surface area contributed by atoms with E-state index in [1.807, 2.05) is 32.3 Å². The van der Waals surface area contributed by atoms with Gasteiger partial charge >= 0.3 is 0 Å². The molecule has 0 saturated carbocycles. The number of nitrogens with zero attached hydrogens (tertiary/aromatic N) is 3. The zero-order valence-electron chi connectivity index (χ0n) is 15.6. The van der Waals surface area contributed by atoms with Crippen molar-refractivity contribution in [3.8, 4) is 0 Å². The molecule has 1 fully saturated rings. The first-order valence-corrected chi connectivity index (χ1v) is 9.63. The number of aromatic nitrogens is 3. The molecule has 0 bridgehead atoms. The molecule has 0 unspecified atom stereocenters. The van der Waals surface area contributed by atoms with Gasteiger partial charge in [-0.25, -0.2) is 4.98 Å². The van der Waals surface area contributed by atoms with Gasteiger partial charge in [0, 0.05) is 49.6 Å². The van der Waals surface area contributed by atoms with E-state index in [4.69, 9.17) is 27.1 Å². The lowest BCUT2D eigenvalue weighted by Gasteiger charge is -2.23. The number of allylic oxidation sites excluding steroid dienone is 1. The third-order valence-corrected chi connectivity index (χ3v) is 5.44. The van der Waals surface area contributed by atoms with Crippen molar-refractivity contribution in [3.63, 3.8) is 0 Å².